The first-order valence-electron chi connectivity index (χ1n) is 8.75. The van der Waals surface area contributed by atoms with Crippen LogP contribution in [-0.4, -0.2) is 25.2 Å². The third-order valence-corrected chi connectivity index (χ3v) is 4.22. The van der Waals surface area contributed by atoms with E-state index in [9.17, 15) is 9.59 Å². The maximum Gasteiger partial charge on any atom is 0.335 e. The number of carbonyl (C=O) groups excluding carboxylic acids is 2. The lowest BCUT2D eigenvalue weighted by molar-refractivity contribution is -0.147. The van der Waals surface area contributed by atoms with Gasteiger partial charge in [-0.1, -0.05) is 44.9 Å². The molecular weight excluding hydrogens is 304 g/mol. The molecule has 4 heteroatoms. The maximum absolute atomic E-state index is 12.6. The van der Waals surface area contributed by atoms with Crippen LogP contribution in [0.3, 0.4) is 0 Å². The monoisotopic (exact) mass is 330 g/mol. The Kier molecular flexibility index (Phi) is 6.59. The molecule has 0 fully saturated rings. The highest BCUT2D eigenvalue weighted by Crippen LogP contribution is 2.39. The smallest absolute Gasteiger partial charge is 0.335 e. The summed E-state index contributed by atoms with van der Waals surface area (Å²) in [5.41, 5.74) is 3.18. The van der Waals surface area contributed by atoms with Gasteiger partial charge in [0.05, 0.1) is 18.8 Å². The Bertz CT molecular complexity index is 631. The van der Waals surface area contributed by atoms with E-state index in [0.717, 1.165) is 42.4 Å². The summed E-state index contributed by atoms with van der Waals surface area (Å²) >= 11 is 0. The van der Waals surface area contributed by atoms with Crippen LogP contribution in [0.4, 0.5) is 0 Å². The third-order valence-electron chi connectivity index (χ3n) is 4.22. The van der Waals surface area contributed by atoms with Gasteiger partial charge in [-0.2, -0.15) is 0 Å². The summed E-state index contributed by atoms with van der Waals surface area (Å²) in [5.74, 6) is -1.46. The molecule has 2 rings (SSSR count). The van der Waals surface area contributed by atoms with E-state index in [2.05, 4.69) is 0 Å². The first-order valence-corrected chi connectivity index (χ1v) is 8.75. The lowest BCUT2D eigenvalue weighted by atomic mass is 9.94. The second-order valence-electron chi connectivity index (χ2n) is 6.12. The van der Waals surface area contributed by atoms with E-state index >= 15 is 0 Å². The molecule has 0 radical (unpaired) electrons. The van der Waals surface area contributed by atoms with E-state index in [1.54, 1.807) is 6.08 Å². The molecule has 0 heterocycles. The quantitative estimate of drug-likeness (QED) is 0.530. The van der Waals surface area contributed by atoms with Crippen molar-refractivity contribution in [1.29, 1.82) is 0 Å². The lowest BCUT2D eigenvalue weighted by Crippen LogP contribution is -2.22. The first kappa shape index (κ1) is 18.2. The van der Waals surface area contributed by atoms with Crippen molar-refractivity contribution < 1.29 is 19.1 Å². The average Bonchev–Trinajstić information content (AvgIpc) is 2.96. The standard InChI is InChI=1S/C20H26O4/c1-4-6-11-23-19(21)17-13-16-14(3)9-8-10-15(16)18(17)20(22)24-12-7-5-2/h8-10,13,18H,4-7,11-12H2,1-3H3. The Morgan fingerprint density at radius 1 is 1.04 bits per heavy atom. The molecule has 0 saturated carbocycles. The van der Waals surface area contributed by atoms with Crippen LogP contribution in [0, 0.1) is 6.92 Å². The summed E-state index contributed by atoms with van der Waals surface area (Å²) in [6, 6.07) is 5.76. The van der Waals surface area contributed by atoms with E-state index < -0.39 is 11.9 Å². The highest BCUT2D eigenvalue weighted by atomic mass is 16.5. The summed E-state index contributed by atoms with van der Waals surface area (Å²) in [7, 11) is 0. The molecule has 1 unspecified atom stereocenters. The molecule has 0 saturated heterocycles. The van der Waals surface area contributed by atoms with Crippen molar-refractivity contribution in [2.45, 2.75) is 52.4 Å². The zero-order chi connectivity index (χ0) is 17.5. The van der Waals surface area contributed by atoms with Gasteiger partial charge in [0, 0.05) is 0 Å². The number of hydrogen-bond acceptors (Lipinski definition) is 4. The first-order chi connectivity index (χ1) is 11.6. The van der Waals surface area contributed by atoms with Gasteiger partial charge in [0.1, 0.15) is 5.92 Å². The summed E-state index contributed by atoms with van der Waals surface area (Å²) in [6.45, 7) is 6.80. The summed E-state index contributed by atoms with van der Waals surface area (Å²) in [5, 5.41) is 0. The molecule has 24 heavy (non-hydrogen) atoms. The van der Waals surface area contributed by atoms with Crippen molar-refractivity contribution in [3.63, 3.8) is 0 Å². The van der Waals surface area contributed by atoms with Crippen molar-refractivity contribution in [3.05, 3.63) is 40.5 Å². The highest BCUT2D eigenvalue weighted by molar-refractivity contribution is 6.06. The van der Waals surface area contributed by atoms with Crippen molar-refractivity contribution in [1.82, 2.24) is 0 Å². The molecule has 130 valence electrons. The number of benzene rings is 1. The molecule has 4 nitrogen and oxygen atoms in total. The molecule has 1 aliphatic rings. The second-order valence-corrected chi connectivity index (χ2v) is 6.12. The van der Waals surface area contributed by atoms with Crippen LogP contribution < -0.4 is 0 Å². The summed E-state index contributed by atoms with van der Waals surface area (Å²) in [6.07, 6.45) is 5.32. The zero-order valence-electron chi connectivity index (χ0n) is 14.8. The molecule has 1 aromatic rings. The van der Waals surface area contributed by atoms with Gasteiger partial charge in [0.15, 0.2) is 0 Å². The van der Waals surface area contributed by atoms with E-state index in [0.29, 0.717) is 18.8 Å². The largest absolute Gasteiger partial charge is 0.465 e. The molecule has 1 atom stereocenters. The predicted octanol–water partition coefficient (Wildman–Crippen LogP) is 4.16. The molecule has 1 aliphatic carbocycles. The fraction of sp³-hybridized carbons (Fsp3) is 0.500. The molecule has 0 N–H and O–H groups in total. The molecule has 0 aromatic heterocycles. The Morgan fingerprint density at radius 2 is 1.71 bits per heavy atom. The van der Waals surface area contributed by atoms with Crippen LogP contribution in [0.5, 0.6) is 0 Å². The molecule has 1 aromatic carbocycles. The Hall–Kier alpha value is -2.10. The van der Waals surface area contributed by atoms with Gasteiger partial charge in [-0.3, -0.25) is 4.79 Å². The van der Waals surface area contributed by atoms with Gasteiger partial charge in [0.25, 0.3) is 0 Å². The Labute approximate surface area is 143 Å². The molecule has 0 bridgehead atoms. The number of unbranched alkanes of at least 4 members (excludes halogenated alkanes) is 2. The van der Waals surface area contributed by atoms with Crippen LogP contribution in [0.2, 0.25) is 0 Å². The molecular formula is C20H26O4. The van der Waals surface area contributed by atoms with Crippen molar-refractivity contribution in [3.8, 4) is 0 Å². The van der Waals surface area contributed by atoms with Gasteiger partial charge < -0.3 is 9.47 Å². The van der Waals surface area contributed by atoms with E-state index in [1.807, 2.05) is 39.0 Å². The van der Waals surface area contributed by atoms with Gasteiger partial charge in [-0.05, 0) is 42.5 Å². The number of rotatable bonds is 8. The lowest BCUT2D eigenvalue weighted by Gasteiger charge is -2.15. The second kappa shape index (κ2) is 8.67. The van der Waals surface area contributed by atoms with E-state index in [1.165, 1.54) is 0 Å². The van der Waals surface area contributed by atoms with Crippen molar-refractivity contribution in [2.75, 3.05) is 13.2 Å². The third kappa shape index (κ3) is 4.05. The van der Waals surface area contributed by atoms with Crippen LogP contribution in [0.15, 0.2) is 23.8 Å². The van der Waals surface area contributed by atoms with Crippen molar-refractivity contribution in [2.24, 2.45) is 0 Å². The van der Waals surface area contributed by atoms with Gasteiger partial charge in [-0.15, -0.1) is 0 Å². The molecule has 0 amide bonds. The van der Waals surface area contributed by atoms with E-state index in [-0.39, 0.29) is 5.97 Å². The normalized spacial score (nSPS) is 15.6. The minimum atomic E-state index is -0.675. The maximum atomic E-state index is 12.6. The van der Waals surface area contributed by atoms with Gasteiger partial charge in [0.2, 0.25) is 0 Å². The topological polar surface area (TPSA) is 52.6 Å². The predicted molar refractivity (Wildman–Crippen MR) is 93.6 cm³/mol. The molecule has 0 spiro atoms. The van der Waals surface area contributed by atoms with Gasteiger partial charge >= 0.3 is 11.9 Å². The average molecular weight is 330 g/mol. The summed E-state index contributed by atoms with van der Waals surface area (Å²) in [4.78, 5) is 25.0. The number of aryl methyl sites for hydroxylation is 1. The van der Waals surface area contributed by atoms with Crippen molar-refractivity contribution >= 4 is 18.0 Å². The minimum absolute atomic E-state index is 0.369. The van der Waals surface area contributed by atoms with Crippen LogP contribution in [0.25, 0.3) is 6.08 Å². The van der Waals surface area contributed by atoms with Crippen LogP contribution in [-0.2, 0) is 19.1 Å². The zero-order valence-corrected chi connectivity index (χ0v) is 14.8. The fourth-order valence-electron chi connectivity index (χ4n) is 2.78. The SMILES string of the molecule is CCCCOC(=O)C1=Cc2c(C)cccc2C1C(=O)OCCCC. The number of carbonyl (C=O) groups is 2. The Balaban J connectivity index is 2.23. The number of hydrogen-bond donors (Lipinski definition) is 0. The van der Waals surface area contributed by atoms with Gasteiger partial charge in [-0.25, -0.2) is 4.79 Å². The number of ether oxygens (including phenoxy) is 2. The Morgan fingerprint density at radius 3 is 2.38 bits per heavy atom. The molecule has 0 aliphatic heterocycles. The highest BCUT2D eigenvalue weighted by Gasteiger charge is 2.37. The minimum Gasteiger partial charge on any atom is -0.465 e. The fourth-order valence-corrected chi connectivity index (χ4v) is 2.78. The van der Waals surface area contributed by atoms with Crippen LogP contribution in [0.1, 0.15) is 62.1 Å². The summed E-state index contributed by atoms with van der Waals surface area (Å²) < 4.78 is 10.7. The number of fused-ring (bicyclic) bond motifs is 1. The van der Waals surface area contributed by atoms with E-state index in [4.69, 9.17) is 9.47 Å². The van der Waals surface area contributed by atoms with Crippen LogP contribution >= 0.6 is 0 Å². The number of esters is 2.